The van der Waals surface area contributed by atoms with E-state index in [1.807, 2.05) is 12.1 Å². The standard InChI is InChI=1S/C21H16FN3O4/c1-28-16-4-2-3-12-9-17(29-19(12)16)21(27)24-8-7-15-14(11-24)20(26)25-10-13(22)5-6-18(25)23-15/h2-6,9-10H,7-8,11H2,1H3. The summed E-state index contributed by atoms with van der Waals surface area (Å²) in [6, 6.07) is 9.81. The number of ether oxygens (including phenoxy) is 1. The second-order valence-corrected chi connectivity index (χ2v) is 6.88. The number of para-hydroxylation sites is 1. The van der Waals surface area contributed by atoms with Crippen LogP contribution in [0.2, 0.25) is 0 Å². The maximum absolute atomic E-state index is 13.6. The van der Waals surface area contributed by atoms with Crippen molar-refractivity contribution in [2.45, 2.75) is 13.0 Å². The van der Waals surface area contributed by atoms with Gasteiger partial charge in [-0.25, -0.2) is 9.37 Å². The molecule has 0 unspecified atom stereocenters. The Morgan fingerprint density at radius 2 is 2.14 bits per heavy atom. The van der Waals surface area contributed by atoms with Crippen LogP contribution in [0.25, 0.3) is 16.6 Å². The lowest BCUT2D eigenvalue weighted by Gasteiger charge is -2.27. The summed E-state index contributed by atoms with van der Waals surface area (Å²) in [4.78, 5) is 31.8. The maximum Gasteiger partial charge on any atom is 0.289 e. The molecule has 7 nitrogen and oxygen atoms in total. The van der Waals surface area contributed by atoms with Gasteiger partial charge in [-0.2, -0.15) is 0 Å². The predicted molar refractivity (Wildman–Crippen MR) is 103 cm³/mol. The second-order valence-electron chi connectivity index (χ2n) is 6.88. The number of nitrogens with zero attached hydrogens (tertiary/aromatic N) is 3. The van der Waals surface area contributed by atoms with E-state index in [-0.39, 0.29) is 23.8 Å². The van der Waals surface area contributed by atoms with Crippen molar-refractivity contribution in [1.82, 2.24) is 14.3 Å². The van der Waals surface area contributed by atoms with E-state index in [4.69, 9.17) is 9.15 Å². The first-order chi connectivity index (χ1) is 14.0. The van der Waals surface area contributed by atoms with Crippen LogP contribution in [0, 0.1) is 5.82 Å². The minimum atomic E-state index is -0.527. The fraction of sp³-hybridized carbons (Fsp3) is 0.190. The van der Waals surface area contributed by atoms with Gasteiger partial charge in [0.25, 0.3) is 11.5 Å². The number of amides is 1. The molecule has 0 spiro atoms. The molecule has 0 aliphatic carbocycles. The zero-order valence-electron chi connectivity index (χ0n) is 15.5. The molecule has 0 fully saturated rings. The third kappa shape index (κ3) is 2.75. The Kier molecular flexibility index (Phi) is 3.87. The quantitative estimate of drug-likeness (QED) is 0.523. The molecule has 4 aromatic rings. The van der Waals surface area contributed by atoms with E-state index < -0.39 is 5.82 Å². The molecule has 5 rings (SSSR count). The fourth-order valence-corrected chi connectivity index (χ4v) is 3.70. The van der Waals surface area contributed by atoms with E-state index in [9.17, 15) is 14.0 Å². The summed E-state index contributed by atoms with van der Waals surface area (Å²) in [5.74, 6) is -0.131. The molecule has 1 aromatic carbocycles. The zero-order valence-corrected chi connectivity index (χ0v) is 15.5. The van der Waals surface area contributed by atoms with Crippen molar-refractivity contribution in [3.05, 3.63) is 75.8 Å². The number of benzene rings is 1. The average molecular weight is 393 g/mol. The van der Waals surface area contributed by atoms with Crippen molar-refractivity contribution < 1.29 is 18.3 Å². The molecule has 0 N–H and O–H groups in total. The average Bonchev–Trinajstić information content (AvgIpc) is 3.18. The topological polar surface area (TPSA) is 77.1 Å². The van der Waals surface area contributed by atoms with Crippen LogP contribution in [-0.2, 0) is 13.0 Å². The monoisotopic (exact) mass is 393 g/mol. The number of hydrogen-bond donors (Lipinski definition) is 0. The molecule has 29 heavy (non-hydrogen) atoms. The van der Waals surface area contributed by atoms with E-state index in [1.165, 1.54) is 23.6 Å². The number of rotatable bonds is 2. The van der Waals surface area contributed by atoms with Gasteiger partial charge in [0.05, 0.1) is 24.9 Å². The third-order valence-electron chi connectivity index (χ3n) is 5.16. The van der Waals surface area contributed by atoms with Crippen molar-refractivity contribution in [2.24, 2.45) is 0 Å². The van der Waals surface area contributed by atoms with E-state index in [2.05, 4.69) is 4.98 Å². The molecule has 8 heteroatoms. The number of carbonyl (C=O) groups is 1. The molecule has 146 valence electrons. The van der Waals surface area contributed by atoms with Crippen molar-refractivity contribution in [1.29, 1.82) is 0 Å². The molecule has 0 saturated heterocycles. The van der Waals surface area contributed by atoms with Crippen LogP contribution >= 0.6 is 0 Å². The SMILES string of the molecule is COc1cccc2cc(C(=O)N3CCc4nc5ccc(F)cn5c(=O)c4C3)oc12. The number of fused-ring (bicyclic) bond motifs is 3. The number of furan rings is 1. The molecule has 0 bridgehead atoms. The van der Waals surface area contributed by atoms with Crippen molar-refractivity contribution in [2.75, 3.05) is 13.7 Å². The number of carbonyl (C=O) groups excluding carboxylic acids is 1. The highest BCUT2D eigenvalue weighted by molar-refractivity contribution is 5.97. The van der Waals surface area contributed by atoms with Gasteiger partial charge >= 0.3 is 0 Å². The summed E-state index contributed by atoms with van der Waals surface area (Å²) < 4.78 is 25.8. The lowest BCUT2D eigenvalue weighted by molar-refractivity contribution is 0.0702. The smallest absolute Gasteiger partial charge is 0.289 e. The third-order valence-corrected chi connectivity index (χ3v) is 5.16. The molecular weight excluding hydrogens is 377 g/mol. The van der Waals surface area contributed by atoms with Gasteiger partial charge < -0.3 is 14.1 Å². The molecule has 1 aliphatic heterocycles. The summed E-state index contributed by atoms with van der Waals surface area (Å²) in [5.41, 5.74) is 1.55. The Labute approximate surface area is 163 Å². The molecule has 3 aromatic heterocycles. The van der Waals surface area contributed by atoms with Gasteiger partial charge in [-0.15, -0.1) is 0 Å². The summed E-state index contributed by atoms with van der Waals surface area (Å²) >= 11 is 0. The Hall–Kier alpha value is -3.68. The van der Waals surface area contributed by atoms with Gasteiger partial charge in [0.15, 0.2) is 17.1 Å². The van der Waals surface area contributed by atoms with Crippen LogP contribution in [0.1, 0.15) is 21.8 Å². The minimum absolute atomic E-state index is 0.0909. The van der Waals surface area contributed by atoms with Crippen molar-refractivity contribution in [3.8, 4) is 5.75 Å². The number of hydrogen-bond acceptors (Lipinski definition) is 5. The van der Waals surface area contributed by atoms with Gasteiger partial charge in [-0.3, -0.25) is 14.0 Å². The molecular formula is C21H16FN3O4. The second kappa shape index (κ2) is 6.44. The Bertz CT molecular complexity index is 1340. The van der Waals surface area contributed by atoms with E-state index in [1.54, 1.807) is 17.0 Å². The van der Waals surface area contributed by atoms with Crippen molar-refractivity contribution in [3.63, 3.8) is 0 Å². The fourth-order valence-electron chi connectivity index (χ4n) is 3.70. The first-order valence-corrected chi connectivity index (χ1v) is 9.10. The largest absolute Gasteiger partial charge is 0.493 e. The van der Waals surface area contributed by atoms with Crippen molar-refractivity contribution >= 4 is 22.5 Å². The Balaban J connectivity index is 1.52. The highest BCUT2D eigenvalue weighted by Gasteiger charge is 2.28. The van der Waals surface area contributed by atoms with Gasteiger partial charge in [0, 0.05) is 24.5 Å². The lowest BCUT2D eigenvalue weighted by atomic mass is 10.1. The number of methoxy groups -OCH3 is 1. The van der Waals surface area contributed by atoms with E-state index in [0.717, 1.165) is 11.6 Å². The van der Waals surface area contributed by atoms with Crippen LogP contribution in [0.4, 0.5) is 4.39 Å². The summed E-state index contributed by atoms with van der Waals surface area (Å²) in [5, 5.41) is 0.758. The maximum atomic E-state index is 13.6. The number of aromatic nitrogens is 2. The number of pyridine rings is 1. The highest BCUT2D eigenvalue weighted by Crippen LogP contribution is 2.29. The lowest BCUT2D eigenvalue weighted by Crippen LogP contribution is -2.40. The summed E-state index contributed by atoms with van der Waals surface area (Å²) in [7, 11) is 1.54. The molecule has 4 heterocycles. The van der Waals surface area contributed by atoms with Crippen LogP contribution in [0.3, 0.4) is 0 Å². The summed E-state index contributed by atoms with van der Waals surface area (Å²) in [6.45, 7) is 0.497. The normalized spacial score (nSPS) is 13.7. The van der Waals surface area contributed by atoms with Gasteiger partial charge in [0.1, 0.15) is 11.5 Å². The molecule has 0 atom stereocenters. The molecule has 0 saturated carbocycles. The van der Waals surface area contributed by atoms with Gasteiger partial charge in [0.2, 0.25) is 0 Å². The molecule has 1 aliphatic rings. The van der Waals surface area contributed by atoms with Crippen LogP contribution < -0.4 is 10.3 Å². The first-order valence-electron chi connectivity index (χ1n) is 9.10. The first kappa shape index (κ1) is 17.4. The van der Waals surface area contributed by atoms with Gasteiger partial charge in [-0.05, 0) is 24.3 Å². The minimum Gasteiger partial charge on any atom is -0.493 e. The van der Waals surface area contributed by atoms with E-state index in [0.29, 0.717) is 41.2 Å². The predicted octanol–water partition coefficient (Wildman–Crippen LogP) is 2.79. The molecule has 0 radical (unpaired) electrons. The van der Waals surface area contributed by atoms with Gasteiger partial charge in [-0.1, -0.05) is 12.1 Å². The summed E-state index contributed by atoms with van der Waals surface area (Å²) in [6.07, 6.45) is 1.55. The Morgan fingerprint density at radius 1 is 1.28 bits per heavy atom. The van der Waals surface area contributed by atoms with Crippen LogP contribution in [0.15, 0.2) is 51.8 Å². The Morgan fingerprint density at radius 3 is 2.97 bits per heavy atom. The molecule has 1 amide bonds. The highest BCUT2D eigenvalue weighted by atomic mass is 19.1. The zero-order chi connectivity index (χ0) is 20.1. The van der Waals surface area contributed by atoms with Crippen LogP contribution in [-0.4, -0.2) is 33.8 Å². The van der Waals surface area contributed by atoms with Crippen LogP contribution in [0.5, 0.6) is 5.75 Å². The number of halogens is 1. The van der Waals surface area contributed by atoms with E-state index >= 15 is 0 Å².